The Morgan fingerprint density at radius 1 is 1.23 bits per heavy atom. The molecule has 0 saturated carbocycles. The molecule has 0 spiro atoms. The molecule has 3 N–H and O–H groups in total. The Balaban J connectivity index is 1.71. The Kier molecular flexibility index (Phi) is 3.84. The highest BCUT2D eigenvalue weighted by atomic mass is 35.5. The lowest BCUT2D eigenvalue weighted by Gasteiger charge is -2.08. The second kappa shape index (κ2) is 6.31. The van der Waals surface area contributed by atoms with Crippen molar-refractivity contribution in [3.8, 4) is 17.5 Å². The smallest absolute Gasteiger partial charge is 0.272 e. The Morgan fingerprint density at radius 3 is 2.85 bits per heavy atom. The minimum atomic E-state index is -0.351. The number of carbonyl (C=O) groups is 1. The largest absolute Gasteiger partial charge is 0.349 e. The van der Waals surface area contributed by atoms with Crippen molar-refractivity contribution >= 4 is 34.1 Å². The molecule has 0 radical (unpaired) electrons. The first kappa shape index (κ1) is 15.8. The van der Waals surface area contributed by atoms with Crippen LogP contribution in [0.2, 0.25) is 5.02 Å². The van der Waals surface area contributed by atoms with Gasteiger partial charge in [-0.3, -0.25) is 4.79 Å². The molecule has 0 aliphatic heterocycles. The van der Waals surface area contributed by atoms with Gasteiger partial charge in [0.1, 0.15) is 5.69 Å². The van der Waals surface area contributed by atoms with Crippen molar-refractivity contribution in [1.82, 2.24) is 25.6 Å². The summed E-state index contributed by atoms with van der Waals surface area (Å²) in [4.78, 5) is 15.7. The van der Waals surface area contributed by atoms with Crippen LogP contribution >= 0.6 is 11.6 Å². The van der Waals surface area contributed by atoms with E-state index in [9.17, 15) is 4.79 Å². The van der Waals surface area contributed by atoms with Gasteiger partial charge < -0.3 is 10.3 Å². The summed E-state index contributed by atoms with van der Waals surface area (Å²) in [6, 6.07) is 14.0. The molecule has 0 atom stereocenters. The van der Waals surface area contributed by atoms with Gasteiger partial charge in [-0.15, -0.1) is 5.10 Å². The van der Waals surface area contributed by atoms with Crippen molar-refractivity contribution in [1.29, 1.82) is 5.26 Å². The highest BCUT2D eigenvalue weighted by Gasteiger charge is 2.16. The van der Waals surface area contributed by atoms with E-state index < -0.39 is 0 Å². The van der Waals surface area contributed by atoms with Gasteiger partial charge in [-0.05, 0) is 40.8 Å². The van der Waals surface area contributed by atoms with Gasteiger partial charge in [-0.25, -0.2) is 5.10 Å². The third-order valence-corrected chi connectivity index (χ3v) is 4.16. The lowest BCUT2D eigenvalue weighted by Crippen LogP contribution is -2.13. The van der Waals surface area contributed by atoms with E-state index in [4.69, 9.17) is 16.9 Å². The summed E-state index contributed by atoms with van der Waals surface area (Å²) in [6.45, 7) is 0. The molecule has 0 saturated heterocycles. The van der Waals surface area contributed by atoms with Crippen molar-refractivity contribution in [2.75, 3.05) is 5.32 Å². The zero-order valence-electron chi connectivity index (χ0n) is 13.1. The summed E-state index contributed by atoms with van der Waals surface area (Å²) < 4.78 is 0. The van der Waals surface area contributed by atoms with E-state index >= 15 is 0 Å². The molecule has 0 bridgehead atoms. The van der Waals surface area contributed by atoms with E-state index in [0.717, 1.165) is 5.39 Å². The lowest BCUT2D eigenvalue weighted by atomic mass is 10.1. The summed E-state index contributed by atoms with van der Waals surface area (Å²) in [7, 11) is 0. The number of halogens is 1. The van der Waals surface area contributed by atoms with Crippen molar-refractivity contribution in [2.24, 2.45) is 0 Å². The number of H-pyrrole nitrogens is 2. The molecule has 2 heterocycles. The fraction of sp³-hybridized carbons (Fsp3) is 0. The Labute approximate surface area is 151 Å². The Morgan fingerprint density at radius 2 is 2.12 bits per heavy atom. The number of aromatic amines is 2. The normalized spacial score (nSPS) is 10.6. The number of nitrogens with one attached hydrogen (secondary N) is 3. The molecular weight excluding hydrogens is 354 g/mol. The molecule has 126 valence electrons. The molecule has 26 heavy (non-hydrogen) atoms. The number of hydrogen-bond acceptors (Lipinski definition) is 5. The van der Waals surface area contributed by atoms with E-state index in [2.05, 4.69) is 30.9 Å². The second-order valence-electron chi connectivity index (χ2n) is 5.46. The van der Waals surface area contributed by atoms with Crippen LogP contribution < -0.4 is 5.32 Å². The number of anilines is 1. The van der Waals surface area contributed by atoms with Crippen LogP contribution in [0.4, 0.5) is 5.69 Å². The summed E-state index contributed by atoms with van der Waals surface area (Å²) in [5, 5.41) is 26.8. The number of aromatic nitrogens is 5. The van der Waals surface area contributed by atoms with E-state index in [1.54, 1.807) is 30.3 Å². The first-order valence-electron chi connectivity index (χ1n) is 7.52. The number of nitrogens with zero attached hydrogens (tertiary/aromatic N) is 4. The Hall–Kier alpha value is -3.70. The number of rotatable bonds is 3. The minimum absolute atomic E-state index is 0.345. The van der Waals surface area contributed by atoms with Gasteiger partial charge in [-0.2, -0.15) is 5.26 Å². The van der Waals surface area contributed by atoms with Crippen LogP contribution in [0.15, 0.2) is 42.5 Å². The van der Waals surface area contributed by atoms with Crippen molar-refractivity contribution < 1.29 is 4.79 Å². The first-order valence-corrected chi connectivity index (χ1v) is 7.90. The molecule has 2 aromatic heterocycles. The zero-order chi connectivity index (χ0) is 18.1. The van der Waals surface area contributed by atoms with Crippen LogP contribution in [0.5, 0.6) is 0 Å². The van der Waals surface area contributed by atoms with E-state index in [1.807, 2.05) is 18.2 Å². The topological polar surface area (TPSA) is 123 Å². The predicted octanol–water partition coefficient (Wildman–Crippen LogP) is 3.13. The number of para-hydroxylation sites is 1. The first-order chi connectivity index (χ1) is 12.7. The van der Waals surface area contributed by atoms with Gasteiger partial charge in [0.05, 0.1) is 27.9 Å². The van der Waals surface area contributed by atoms with Crippen molar-refractivity contribution in [3.05, 3.63) is 58.7 Å². The maximum atomic E-state index is 12.7. The fourth-order valence-electron chi connectivity index (χ4n) is 2.62. The lowest BCUT2D eigenvalue weighted by molar-refractivity contribution is 0.102. The highest BCUT2D eigenvalue weighted by Crippen LogP contribution is 2.27. The third kappa shape index (κ3) is 2.76. The second-order valence-corrected chi connectivity index (χ2v) is 5.87. The molecule has 0 aliphatic rings. The number of nitriles is 1. The number of hydrogen-bond donors (Lipinski definition) is 3. The van der Waals surface area contributed by atoms with E-state index in [0.29, 0.717) is 38.9 Å². The van der Waals surface area contributed by atoms with Crippen LogP contribution in [0.25, 0.3) is 22.3 Å². The molecule has 4 rings (SSSR count). The van der Waals surface area contributed by atoms with Crippen LogP contribution in [0.1, 0.15) is 16.1 Å². The van der Waals surface area contributed by atoms with Gasteiger partial charge in [0, 0.05) is 10.9 Å². The van der Waals surface area contributed by atoms with Gasteiger partial charge in [0.25, 0.3) is 5.91 Å². The quantitative estimate of drug-likeness (QED) is 0.516. The number of amides is 1. The van der Waals surface area contributed by atoms with Crippen molar-refractivity contribution in [2.45, 2.75) is 0 Å². The summed E-state index contributed by atoms with van der Waals surface area (Å²) in [5.41, 5.74) is 2.46. The Bertz CT molecular complexity index is 1160. The third-order valence-electron chi connectivity index (χ3n) is 3.85. The maximum absolute atomic E-state index is 12.7. The molecule has 8 nitrogen and oxygen atoms in total. The maximum Gasteiger partial charge on any atom is 0.272 e. The molecule has 2 aromatic carbocycles. The molecule has 4 aromatic rings. The minimum Gasteiger partial charge on any atom is -0.349 e. The summed E-state index contributed by atoms with van der Waals surface area (Å²) >= 11 is 6.14. The molecular formula is C17H10ClN7O. The van der Waals surface area contributed by atoms with Crippen LogP contribution in [0, 0.1) is 11.3 Å². The average molecular weight is 364 g/mol. The SMILES string of the molecule is N#Cc1ccc(NC(=O)c2cc3cccc(Cl)c3[nH]2)c(-c2nnn[nH]2)c1. The monoisotopic (exact) mass is 363 g/mol. The number of tetrazole rings is 1. The molecule has 0 aliphatic carbocycles. The van der Waals surface area contributed by atoms with E-state index in [1.165, 1.54) is 0 Å². The van der Waals surface area contributed by atoms with Crippen LogP contribution in [-0.2, 0) is 0 Å². The van der Waals surface area contributed by atoms with Gasteiger partial charge in [0.15, 0.2) is 5.82 Å². The van der Waals surface area contributed by atoms with Gasteiger partial charge in [-0.1, -0.05) is 23.7 Å². The standard InChI is InChI=1S/C17H10ClN7O/c18-12-3-1-2-10-7-14(20-15(10)12)17(26)21-13-5-4-9(8-19)6-11(13)16-22-24-25-23-16/h1-7,20H,(H,21,26)(H,22,23,24,25). The van der Waals surface area contributed by atoms with Gasteiger partial charge in [0.2, 0.25) is 0 Å². The highest BCUT2D eigenvalue weighted by molar-refractivity contribution is 6.35. The summed E-state index contributed by atoms with van der Waals surface area (Å²) in [5.74, 6) is -0.00668. The fourth-order valence-corrected chi connectivity index (χ4v) is 2.85. The zero-order valence-corrected chi connectivity index (χ0v) is 13.9. The van der Waals surface area contributed by atoms with E-state index in [-0.39, 0.29) is 5.91 Å². The number of carbonyl (C=O) groups excluding carboxylic acids is 1. The molecule has 0 unspecified atom stereocenters. The predicted molar refractivity (Wildman–Crippen MR) is 95.6 cm³/mol. The average Bonchev–Trinajstić information content (AvgIpc) is 3.32. The molecule has 9 heteroatoms. The molecule has 1 amide bonds. The number of benzene rings is 2. The van der Waals surface area contributed by atoms with Crippen LogP contribution in [-0.4, -0.2) is 31.5 Å². The van der Waals surface area contributed by atoms with Gasteiger partial charge >= 0.3 is 0 Å². The van der Waals surface area contributed by atoms with Crippen molar-refractivity contribution in [3.63, 3.8) is 0 Å². The summed E-state index contributed by atoms with van der Waals surface area (Å²) in [6.07, 6.45) is 0. The van der Waals surface area contributed by atoms with Crippen LogP contribution in [0.3, 0.4) is 0 Å². The number of fused-ring (bicyclic) bond motifs is 1. The molecule has 0 fully saturated rings.